The van der Waals surface area contributed by atoms with Crippen molar-refractivity contribution in [1.82, 2.24) is 25.0 Å². The summed E-state index contributed by atoms with van der Waals surface area (Å²) in [5.41, 5.74) is 14.1. The van der Waals surface area contributed by atoms with Crippen molar-refractivity contribution in [3.05, 3.63) is 41.7 Å². The SMILES string of the molecule is CCc1nc(N)nc(N)c1-c1cn(-c2cccc(C(=O)O)c2)nn1. The normalized spacial score (nSPS) is 10.7. The van der Waals surface area contributed by atoms with Gasteiger partial charge in [-0.15, -0.1) is 5.10 Å². The molecule has 1 aromatic carbocycles. The van der Waals surface area contributed by atoms with E-state index in [0.717, 1.165) is 0 Å². The van der Waals surface area contributed by atoms with Crippen LogP contribution in [0.15, 0.2) is 30.5 Å². The Balaban J connectivity index is 2.06. The molecule has 0 amide bonds. The predicted molar refractivity (Wildman–Crippen MR) is 87.5 cm³/mol. The minimum absolute atomic E-state index is 0.106. The van der Waals surface area contributed by atoms with Crippen molar-refractivity contribution in [2.24, 2.45) is 0 Å². The van der Waals surface area contributed by atoms with Gasteiger partial charge in [0.25, 0.3) is 0 Å². The highest BCUT2D eigenvalue weighted by Crippen LogP contribution is 2.27. The number of carboxylic acids is 1. The lowest BCUT2D eigenvalue weighted by Gasteiger charge is -2.07. The van der Waals surface area contributed by atoms with Crippen LogP contribution in [0.4, 0.5) is 11.8 Å². The summed E-state index contributed by atoms with van der Waals surface area (Å²) < 4.78 is 1.47. The lowest BCUT2D eigenvalue weighted by atomic mass is 10.1. The molecule has 9 nitrogen and oxygen atoms in total. The van der Waals surface area contributed by atoms with Gasteiger partial charge in [-0.3, -0.25) is 0 Å². The van der Waals surface area contributed by atoms with E-state index in [9.17, 15) is 4.79 Å². The maximum absolute atomic E-state index is 11.1. The highest BCUT2D eigenvalue weighted by Gasteiger charge is 2.16. The van der Waals surface area contributed by atoms with Crippen molar-refractivity contribution in [3.8, 4) is 16.9 Å². The molecule has 0 aliphatic heterocycles. The Morgan fingerprint density at radius 1 is 1.29 bits per heavy atom. The summed E-state index contributed by atoms with van der Waals surface area (Å²) in [7, 11) is 0. The first-order valence-electron chi connectivity index (χ1n) is 7.18. The maximum atomic E-state index is 11.1. The molecule has 0 aliphatic carbocycles. The molecule has 0 saturated heterocycles. The van der Waals surface area contributed by atoms with Crippen LogP contribution < -0.4 is 11.5 Å². The number of anilines is 2. The molecular formula is C15H15N7O2. The third-order valence-corrected chi connectivity index (χ3v) is 3.47. The van der Waals surface area contributed by atoms with E-state index < -0.39 is 5.97 Å². The first-order chi connectivity index (χ1) is 11.5. The summed E-state index contributed by atoms with van der Waals surface area (Å²) >= 11 is 0. The number of carboxylic acid groups (broad SMARTS) is 1. The van der Waals surface area contributed by atoms with Crippen LogP contribution in [0.1, 0.15) is 23.0 Å². The molecule has 24 heavy (non-hydrogen) atoms. The van der Waals surface area contributed by atoms with Crippen LogP contribution in [-0.2, 0) is 6.42 Å². The van der Waals surface area contributed by atoms with E-state index >= 15 is 0 Å². The number of aryl methyl sites for hydroxylation is 1. The molecule has 5 N–H and O–H groups in total. The van der Waals surface area contributed by atoms with E-state index in [1.807, 2.05) is 6.92 Å². The molecule has 3 rings (SSSR count). The summed E-state index contributed by atoms with van der Waals surface area (Å²) in [6.45, 7) is 1.92. The summed E-state index contributed by atoms with van der Waals surface area (Å²) in [6.07, 6.45) is 2.25. The lowest BCUT2D eigenvalue weighted by molar-refractivity contribution is 0.0697. The fourth-order valence-electron chi connectivity index (χ4n) is 2.37. The largest absolute Gasteiger partial charge is 0.478 e. The molecule has 0 atom stereocenters. The first-order valence-corrected chi connectivity index (χ1v) is 7.18. The molecular weight excluding hydrogens is 310 g/mol. The van der Waals surface area contributed by atoms with Crippen LogP contribution in [0.5, 0.6) is 0 Å². The Labute approximate surface area is 137 Å². The van der Waals surface area contributed by atoms with Gasteiger partial charge in [-0.1, -0.05) is 18.2 Å². The Morgan fingerprint density at radius 3 is 2.79 bits per heavy atom. The van der Waals surface area contributed by atoms with Gasteiger partial charge in [0.05, 0.1) is 28.7 Å². The smallest absolute Gasteiger partial charge is 0.335 e. The van der Waals surface area contributed by atoms with E-state index in [2.05, 4.69) is 20.3 Å². The lowest BCUT2D eigenvalue weighted by Crippen LogP contribution is -2.06. The second-order valence-electron chi connectivity index (χ2n) is 5.05. The second kappa shape index (κ2) is 5.95. The average molecular weight is 325 g/mol. The summed E-state index contributed by atoms with van der Waals surface area (Å²) in [5, 5.41) is 17.2. The topological polar surface area (TPSA) is 146 Å². The van der Waals surface area contributed by atoms with Crippen molar-refractivity contribution in [2.45, 2.75) is 13.3 Å². The molecule has 2 aromatic heterocycles. The number of nitrogens with two attached hydrogens (primary N) is 2. The molecule has 3 aromatic rings. The zero-order valence-electron chi connectivity index (χ0n) is 12.8. The molecule has 0 fully saturated rings. The number of carbonyl (C=O) groups is 1. The third kappa shape index (κ3) is 2.74. The van der Waals surface area contributed by atoms with E-state index in [4.69, 9.17) is 16.6 Å². The number of nitrogens with zero attached hydrogens (tertiary/aromatic N) is 5. The van der Waals surface area contributed by atoms with Gasteiger partial charge in [0, 0.05) is 0 Å². The van der Waals surface area contributed by atoms with Gasteiger partial charge in [-0.05, 0) is 24.6 Å². The van der Waals surface area contributed by atoms with Gasteiger partial charge in [0.15, 0.2) is 0 Å². The molecule has 0 spiro atoms. The van der Waals surface area contributed by atoms with Crippen LogP contribution in [-0.4, -0.2) is 36.0 Å². The van der Waals surface area contributed by atoms with E-state index in [1.165, 1.54) is 16.8 Å². The van der Waals surface area contributed by atoms with Gasteiger partial charge in [-0.25, -0.2) is 14.5 Å². The van der Waals surface area contributed by atoms with Gasteiger partial charge in [-0.2, -0.15) is 4.98 Å². The van der Waals surface area contributed by atoms with Crippen molar-refractivity contribution in [3.63, 3.8) is 0 Å². The molecule has 9 heteroatoms. The second-order valence-corrected chi connectivity index (χ2v) is 5.05. The van der Waals surface area contributed by atoms with Crippen molar-refractivity contribution < 1.29 is 9.90 Å². The van der Waals surface area contributed by atoms with Crippen LogP contribution in [0.3, 0.4) is 0 Å². The molecule has 0 saturated carbocycles. The monoisotopic (exact) mass is 325 g/mol. The number of hydrogen-bond donors (Lipinski definition) is 3. The zero-order chi connectivity index (χ0) is 17.3. The summed E-state index contributed by atoms with van der Waals surface area (Å²) in [4.78, 5) is 19.2. The number of hydrogen-bond acceptors (Lipinski definition) is 7. The summed E-state index contributed by atoms with van der Waals surface area (Å²) in [6, 6.07) is 6.38. The molecule has 0 radical (unpaired) electrons. The van der Waals surface area contributed by atoms with Gasteiger partial charge in [0.2, 0.25) is 5.95 Å². The highest BCUT2D eigenvalue weighted by atomic mass is 16.4. The quantitative estimate of drug-likeness (QED) is 0.647. The van der Waals surface area contributed by atoms with Crippen LogP contribution >= 0.6 is 0 Å². The maximum Gasteiger partial charge on any atom is 0.335 e. The highest BCUT2D eigenvalue weighted by molar-refractivity contribution is 5.88. The van der Waals surface area contributed by atoms with E-state index in [-0.39, 0.29) is 17.3 Å². The minimum Gasteiger partial charge on any atom is -0.478 e. The Kier molecular flexibility index (Phi) is 3.82. The number of rotatable bonds is 4. The zero-order valence-corrected chi connectivity index (χ0v) is 12.8. The Bertz CT molecular complexity index is 920. The van der Waals surface area contributed by atoms with Gasteiger partial charge >= 0.3 is 5.97 Å². The fraction of sp³-hybridized carbons (Fsp3) is 0.133. The van der Waals surface area contributed by atoms with Gasteiger partial charge < -0.3 is 16.6 Å². The Hall–Kier alpha value is -3.49. The number of nitrogen functional groups attached to an aromatic ring is 2. The minimum atomic E-state index is -1.01. The molecule has 0 bridgehead atoms. The third-order valence-electron chi connectivity index (χ3n) is 3.47. The van der Waals surface area contributed by atoms with Crippen molar-refractivity contribution in [2.75, 3.05) is 11.5 Å². The molecule has 0 aliphatic rings. The van der Waals surface area contributed by atoms with E-state index in [0.29, 0.717) is 29.1 Å². The van der Waals surface area contributed by atoms with Crippen LogP contribution in [0.25, 0.3) is 16.9 Å². The fourth-order valence-corrected chi connectivity index (χ4v) is 2.37. The van der Waals surface area contributed by atoms with E-state index in [1.54, 1.807) is 18.3 Å². The van der Waals surface area contributed by atoms with Crippen LogP contribution in [0.2, 0.25) is 0 Å². The van der Waals surface area contributed by atoms with Crippen molar-refractivity contribution >= 4 is 17.7 Å². The average Bonchev–Trinajstić information content (AvgIpc) is 3.03. The summed E-state index contributed by atoms with van der Waals surface area (Å²) in [5.74, 6) is -0.679. The van der Waals surface area contributed by atoms with Crippen molar-refractivity contribution in [1.29, 1.82) is 0 Å². The Morgan fingerprint density at radius 2 is 2.08 bits per heavy atom. The molecule has 0 unspecified atom stereocenters. The molecule has 2 heterocycles. The number of benzene rings is 1. The predicted octanol–water partition coefficient (Wildman–Crippen LogP) is 1.15. The van der Waals surface area contributed by atoms with Gasteiger partial charge in [0.1, 0.15) is 11.5 Å². The number of aromatic nitrogens is 5. The molecule has 122 valence electrons. The number of aromatic carboxylic acids is 1. The van der Waals surface area contributed by atoms with Crippen LogP contribution in [0, 0.1) is 0 Å². The first kappa shape index (κ1) is 15.4. The standard InChI is InChI=1S/C15H15N7O2/c1-2-10-12(13(16)19-15(17)18-10)11-7-22(21-20-11)9-5-3-4-8(6-9)14(23)24/h3-7H,2H2,1H3,(H,23,24)(H4,16,17,18,19).